The molecule has 0 fully saturated rings. The van der Waals surface area contributed by atoms with E-state index >= 15 is 0 Å². The monoisotopic (exact) mass is 363 g/mol. The van der Waals surface area contributed by atoms with Crippen molar-refractivity contribution in [3.63, 3.8) is 0 Å². The van der Waals surface area contributed by atoms with Crippen LogP contribution < -0.4 is 14.4 Å². The predicted molar refractivity (Wildman–Crippen MR) is 110 cm³/mol. The van der Waals surface area contributed by atoms with Gasteiger partial charge in [0.1, 0.15) is 0 Å². The van der Waals surface area contributed by atoms with Crippen LogP contribution in [-0.4, -0.2) is 26.7 Å². The van der Waals surface area contributed by atoms with Crippen molar-refractivity contribution in [2.75, 3.05) is 25.7 Å². The van der Waals surface area contributed by atoms with Crippen molar-refractivity contribution in [2.24, 2.45) is 0 Å². The van der Waals surface area contributed by atoms with Crippen LogP contribution in [-0.2, 0) is 11.2 Å². The van der Waals surface area contributed by atoms with Gasteiger partial charge in [0.05, 0.1) is 14.2 Å². The summed E-state index contributed by atoms with van der Waals surface area (Å²) in [4.78, 5) is 14.7. The summed E-state index contributed by atoms with van der Waals surface area (Å²) in [6, 6.07) is 20.1. The van der Waals surface area contributed by atoms with E-state index in [9.17, 15) is 4.79 Å². The Morgan fingerprint density at radius 3 is 2.41 bits per heavy atom. The first kappa shape index (κ1) is 18.8. The molecule has 4 nitrogen and oxygen atoms in total. The van der Waals surface area contributed by atoms with Crippen LogP contribution >= 0.6 is 0 Å². The average molecular weight is 363 g/mol. The van der Waals surface area contributed by atoms with Gasteiger partial charge in [-0.15, -0.1) is 0 Å². The van der Waals surface area contributed by atoms with Crippen molar-refractivity contribution in [3.8, 4) is 11.5 Å². The minimum atomic E-state index is 0.0951. The molecule has 0 heterocycles. The first-order valence-electron chi connectivity index (χ1n) is 9.17. The van der Waals surface area contributed by atoms with E-state index in [-0.39, 0.29) is 5.91 Å². The van der Waals surface area contributed by atoms with Gasteiger partial charge >= 0.3 is 0 Å². The van der Waals surface area contributed by atoms with Gasteiger partial charge in [0.25, 0.3) is 0 Å². The van der Waals surface area contributed by atoms with Crippen molar-refractivity contribution < 1.29 is 14.3 Å². The summed E-state index contributed by atoms with van der Waals surface area (Å²) in [6.07, 6.45) is 1.01. The third-order valence-electron chi connectivity index (χ3n) is 4.75. The molecule has 0 aliphatic carbocycles. The summed E-state index contributed by atoms with van der Waals surface area (Å²) in [5, 5.41) is 2.31. The number of amides is 1. The van der Waals surface area contributed by atoms with Gasteiger partial charge in [-0.3, -0.25) is 4.79 Å². The third-order valence-corrected chi connectivity index (χ3v) is 4.75. The number of ether oxygens (including phenoxy) is 2. The number of para-hydroxylation sites is 1. The van der Waals surface area contributed by atoms with Crippen molar-refractivity contribution >= 4 is 22.4 Å². The Bertz CT molecular complexity index is 936. The van der Waals surface area contributed by atoms with Gasteiger partial charge in [-0.25, -0.2) is 0 Å². The molecule has 0 aliphatic heterocycles. The Kier molecular flexibility index (Phi) is 5.97. The van der Waals surface area contributed by atoms with Crippen LogP contribution in [0.3, 0.4) is 0 Å². The first-order valence-corrected chi connectivity index (χ1v) is 9.17. The second kappa shape index (κ2) is 8.58. The maximum Gasteiger partial charge on any atom is 0.227 e. The van der Waals surface area contributed by atoms with Crippen molar-refractivity contribution in [1.82, 2.24) is 0 Å². The molecule has 140 valence electrons. The lowest BCUT2D eigenvalue weighted by atomic mass is 10.1. The van der Waals surface area contributed by atoms with E-state index in [1.807, 2.05) is 48.2 Å². The molecule has 1 amide bonds. The van der Waals surface area contributed by atoms with E-state index in [0.29, 0.717) is 30.9 Å². The van der Waals surface area contributed by atoms with E-state index in [1.165, 1.54) is 5.39 Å². The third kappa shape index (κ3) is 4.05. The molecule has 3 rings (SSSR count). The fourth-order valence-corrected chi connectivity index (χ4v) is 3.37. The molecule has 0 aliphatic rings. The number of carbonyl (C=O) groups is 1. The Hall–Kier alpha value is -3.01. The zero-order valence-corrected chi connectivity index (χ0v) is 16.1. The Morgan fingerprint density at radius 2 is 1.70 bits per heavy atom. The van der Waals surface area contributed by atoms with Crippen molar-refractivity contribution in [3.05, 3.63) is 66.2 Å². The molecule has 0 unspecified atom stereocenters. The summed E-state index contributed by atoms with van der Waals surface area (Å²) in [7, 11) is 3.24. The summed E-state index contributed by atoms with van der Waals surface area (Å²) in [5.41, 5.74) is 1.90. The molecule has 0 bridgehead atoms. The van der Waals surface area contributed by atoms with Crippen LogP contribution in [0.1, 0.15) is 18.9 Å². The number of hydrogen-bond acceptors (Lipinski definition) is 3. The lowest BCUT2D eigenvalue weighted by Crippen LogP contribution is -2.30. The lowest BCUT2D eigenvalue weighted by Gasteiger charge is -2.22. The van der Waals surface area contributed by atoms with E-state index < -0.39 is 0 Å². The molecule has 0 saturated heterocycles. The fourth-order valence-electron chi connectivity index (χ4n) is 3.37. The molecular weight excluding hydrogens is 338 g/mol. The first-order chi connectivity index (χ1) is 13.2. The molecule has 0 aromatic heterocycles. The second-order valence-corrected chi connectivity index (χ2v) is 6.32. The minimum Gasteiger partial charge on any atom is -0.493 e. The Morgan fingerprint density at radius 1 is 0.926 bits per heavy atom. The topological polar surface area (TPSA) is 38.8 Å². The molecule has 0 atom stereocenters. The average Bonchev–Trinajstić information content (AvgIpc) is 2.72. The summed E-state index contributed by atoms with van der Waals surface area (Å²) < 4.78 is 10.8. The summed E-state index contributed by atoms with van der Waals surface area (Å²) in [6.45, 7) is 2.63. The largest absolute Gasteiger partial charge is 0.493 e. The zero-order chi connectivity index (χ0) is 19.2. The molecular formula is C23H25NO3. The highest BCUT2D eigenvalue weighted by molar-refractivity contribution is 5.96. The van der Waals surface area contributed by atoms with Gasteiger partial charge in [0, 0.05) is 18.7 Å². The van der Waals surface area contributed by atoms with Crippen LogP contribution in [0.25, 0.3) is 10.8 Å². The number of anilines is 1. The molecule has 27 heavy (non-hydrogen) atoms. The Labute approximate surface area is 160 Å². The molecule has 0 N–H and O–H groups in total. The molecule has 0 radical (unpaired) electrons. The number of rotatable bonds is 7. The van der Waals surface area contributed by atoms with Crippen LogP contribution in [0.4, 0.5) is 5.69 Å². The number of methoxy groups -OCH3 is 2. The SMILES string of the molecule is CCN(C(=O)CCc1cccc(OC)c1OC)c1ccc2ccccc2c1. The van der Waals surface area contributed by atoms with Crippen LogP contribution in [0, 0.1) is 0 Å². The molecule has 0 saturated carbocycles. The number of carbonyl (C=O) groups excluding carboxylic acids is 1. The fraction of sp³-hybridized carbons (Fsp3) is 0.261. The van der Waals surface area contributed by atoms with Gasteiger partial charge in [-0.2, -0.15) is 0 Å². The minimum absolute atomic E-state index is 0.0951. The standard InChI is InChI=1S/C23H25NO3/c1-4-24(20-14-12-17-8-5-6-9-19(17)16-20)22(25)15-13-18-10-7-11-21(26-2)23(18)27-3/h5-12,14,16H,4,13,15H2,1-3H3. The van der Waals surface area contributed by atoms with E-state index in [0.717, 1.165) is 16.6 Å². The highest BCUT2D eigenvalue weighted by Crippen LogP contribution is 2.31. The maximum atomic E-state index is 12.9. The van der Waals surface area contributed by atoms with Gasteiger partial charge in [0.2, 0.25) is 5.91 Å². The number of fused-ring (bicyclic) bond motifs is 1. The normalized spacial score (nSPS) is 10.6. The van der Waals surface area contributed by atoms with Crippen molar-refractivity contribution in [1.29, 1.82) is 0 Å². The molecule has 0 spiro atoms. The number of benzene rings is 3. The second-order valence-electron chi connectivity index (χ2n) is 6.32. The number of hydrogen-bond donors (Lipinski definition) is 0. The van der Waals surface area contributed by atoms with E-state index in [4.69, 9.17) is 9.47 Å². The highest BCUT2D eigenvalue weighted by Gasteiger charge is 2.16. The lowest BCUT2D eigenvalue weighted by molar-refractivity contribution is -0.118. The number of aryl methyl sites for hydroxylation is 1. The number of nitrogens with zero attached hydrogens (tertiary/aromatic N) is 1. The molecule has 3 aromatic rings. The van der Waals surface area contributed by atoms with Crippen LogP contribution in [0.5, 0.6) is 11.5 Å². The van der Waals surface area contributed by atoms with Crippen LogP contribution in [0.2, 0.25) is 0 Å². The smallest absolute Gasteiger partial charge is 0.227 e. The molecule has 3 aromatic carbocycles. The van der Waals surface area contributed by atoms with E-state index in [1.54, 1.807) is 14.2 Å². The quantitative estimate of drug-likeness (QED) is 0.603. The molecule has 4 heteroatoms. The van der Waals surface area contributed by atoms with Gasteiger partial charge < -0.3 is 14.4 Å². The van der Waals surface area contributed by atoms with Gasteiger partial charge in [-0.1, -0.05) is 42.5 Å². The van der Waals surface area contributed by atoms with E-state index in [2.05, 4.69) is 24.3 Å². The van der Waals surface area contributed by atoms with Crippen LogP contribution in [0.15, 0.2) is 60.7 Å². The van der Waals surface area contributed by atoms with Gasteiger partial charge in [-0.05, 0) is 47.9 Å². The van der Waals surface area contributed by atoms with Crippen molar-refractivity contribution in [2.45, 2.75) is 19.8 Å². The zero-order valence-electron chi connectivity index (χ0n) is 16.1. The predicted octanol–water partition coefficient (Wildman–Crippen LogP) is 4.84. The highest BCUT2D eigenvalue weighted by atomic mass is 16.5. The summed E-state index contributed by atoms with van der Waals surface area (Å²) in [5.74, 6) is 1.48. The summed E-state index contributed by atoms with van der Waals surface area (Å²) >= 11 is 0. The maximum absolute atomic E-state index is 12.9. The Balaban J connectivity index is 1.77. The van der Waals surface area contributed by atoms with Gasteiger partial charge in [0.15, 0.2) is 11.5 Å².